The van der Waals surface area contributed by atoms with E-state index in [1.807, 2.05) is 0 Å². The van der Waals surface area contributed by atoms with Crippen molar-refractivity contribution in [2.45, 2.75) is 99.0 Å². The van der Waals surface area contributed by atoms with Gasteiger partial charge in [-0.25, -0.2) is 0 Å². The molecule has 0 bridgehead atoms. The Morgan fingerprint density at radius 3 is 2.45 bits per heavy atom. The quantitative estimate of drug-likeness (QED) is 0.489. The zero-order valence-corrected chi connectivity index (χ0v) is 20.0. The number of fused-ring (bicyclic) bond motifs is 5. The number of aliphatic hydroxyl groups excluding tert-OH is 1. The molecule has 164 valence electrons. The lowest BCUT2D eigenvalue weighted by Gasteiger charge is -2.58. The fraction of sp³-hybridized carbons (Fsp3) is 0.857. The highest BCUT2D eigenvalue weighted by Crippen LogP contribution is 2.67. The molecule has 1 nitrogen and oxygen atoms in total. The first kappa shape index (κ1) is 21.7. The zero-order valence-electron chi connectivity index (χ0n) is 20.0. The molecule has 9 atom stereocenters. The first-order chi connectivity index (χ1) is 13.7. The minimum absolute atomic E-state index is 0.0866. The third kappa shape index (κ3) is 3.58. The Labute approximate surface area is 180 Å². The van der Waals surface area contributed by atoms with Gasteiger partial charge in [0.25, 0.3) is 0 Å². The van der Waals surface area contributed by atoms with Gasteiger partial charge in [-0.15, -0.1) is 0 Å². The summed E-state index contributed by atoms with van der Waals surface area (Å²) >= 11 is 0. The van der Waals surface area contributed by atoms with E-state index in [9.17, 15) is 5.11 Å². The van der Waals surface area contributed by atoms with Gasteiger partial charge in [-0.3, -0.25) is 0 Å². The van der Waals surface area contributed by atoms with Crippen molar-refractivity contribution in [3.05, 3.63) is 23.8 Å². The Hall–Kier alpha value is -0.560. The van der Waals surface area contributed by atoms with Gasteiger partial charge in [0.1, 0.15) is 0 Å². The zero-order chi connectivity index (χ0) is 21.0. The maximum absolute atomic E-state index is 10.2. The van der Waals surface area contributed by atoms with Crippen LogP contribution in [-0.4, -0.2) is 11.2 Å². The van der Waals surface area contributed by atoms with Crippen LogP contribution in [0.4, 0.5) is 0 Å². The third-order valence-corrected chi connectivity index (χ3v) is 10.6. The molecule has 4 rings (SSSR count). The molecular formula is C28H46O. The molecule has 4 aliphatic carbocycles. The molecule has 1 heteroatoms. The molecule has 0 amide bonds. The lowest BCUT2D eigenvalue weighted by atomic mass is 9.47. The van der Waals surface area contributed by atoms with Gasteiger partial charge in [0.2, 0.25) is 0 Å². The predicted octanol–water partition coefficient (Wildman–Crippen LogP) is 7.41. The molecule has 4 aliphatic rings. The molecule has 0 aromatic carbocycles. The normalized spacial score (nSPS) is 46.8. The van der Waals surface area contributed by atoms with Gasteiger partial charge in [-0.1, -0.05) is 65.3 Å². The molecule has 29 heavy (non-hydrogen) atoms. The molecule has 1 N–H and O–H groups in total. The molecule has 0 spiro atoms. The lowest BCUT2D eigenvalue weighted by Crippen LogP contribution is -2.50. The topological polar surface area (TPSA) is 20.2 Å². The van der Waals surface area contributed by atoms with Crippen molar-refractivity contribution in [3.8, 4) is 0 Å². The average molecular weight is 399 g/mol. The van der Waals surface area contributed by atoms with Gasteiger partial charge in [0.05, 0.1) is 6.10 Å². The van der Waals surface area contributed by atoms with Crippen LogP contribution >= 0.6 is 0 Å². The van der Waals surface area contributed by atoms with Crippen molar-refractivity contribution in [3.63, 3.8) is 0 Å². The summed E-state index contributed by atoms with van der Waals surface area (Å²) in [7, 11) is 0. The van der Waals surface area contributed by atoms with Crippen LogP contribution in [-0.2, 0) is 0 Å². The molecule has 3 fully saturated rings. The summed E-state index contributed by atoms with van der Waals surface area (Å²) in [6.07, 6.45) is 17.7. The highest BCUT2D eigenvalue weighted by atomic mass is 16.3. The van der Waals surface area contributed by atoms with Crippen LogP contribution in [0.5, 0.6) is 0 Å². The standard InChI is InChI=1S/C28H46O/c1-18(2)19(3)7-8-20(4)24-11-12-25-23-10-9-21-17-22(29)13-15-27(21,5)26(23)14-16-28(24,25)6/h7-9,18-20,22-26,29H,10-17H2,1-6H3/b8-7+/t19-,20+,22?,23?,24?,25?,26?,27?,28?/m0/s1. The third-order valence-electron chi connectivity index (χ3n) is 10.6. The maximum atomic E-state index is 10.2. The number of hydrogen-bond acceptors (Lipinski definition) is 1. The maximum Gasteiger partial charge on any atom is 0.0577 e. The summed E-state index contributed by atoms with van der Waals surface area (Å²) < 4.78 is 0. The van der Waals surface area contributed by atoms with E-state index in [0.717, 1.165) is 42.4 Å². The smallest absolute Gasteiger partial charge is 0.0577 e. The summed E-state index contributed by atoms with van der Waals surface area (Å²) in [5.41, 5.74) is 2.51. The van der Waals surface area contributed by atoms with Gasteiger partial charge in [0, 0.05) is 0 Å². The highest BCUT2D eigenvalue weighted by Gasteiger charge is 2.58. The summed E-state index contributed by atoms with van der Waals surface area (Å²) in [5, 5.41) is 10.2. The van der Waals surface area contributed by atoms with Crippen LogP contribution in [0.3, 0.4) is 0 Å². The van der Waals surface area contributed by atoms with Gasteiger partial charge in [0.15, 0.2) is 0 Å². The average Bonchev–Trinajstić information content (AvgIpc) is 3.03. The second-order valence-corrected chi connectivity index (χ2v) is 12.2. The van der Waals surface area contributed by atoms with Gasteiger partial charge < -0.3 is 5.11 Å². The first-order valence-electron chi connectivity index (χ1n) is 12.7. The van der Waals surface area contributed by atoms with Crippen LogP contribution in [0.25, 0.3) is 0 Å². The molecule has 0 radical (unpaired) electrons. The second kappa shape index (κ2) is 7.85. The van der Waals surface area contributed by atoms with E-state index in [-0.39, 0.29) is 6.10 Å². The van der Waals surface area contributed by atoms with Crippen LogP contribution < -0.4 is 0 Å². The van der Waals surface area contributed by atoms with E-state index >= 15 is 0 Å². The van der Waals surface area contributed by atoms with Crippen LogP contribution in [0.2, 0.25) is 0 Å². The molecule has 0 aromatic rings. The fourth-order valence-corrected chi connectivity index (χ4v) is 8.25. The molecule has 3 saturated carbocycles. The van der Waals surface area contributed by atoms with Crippen LogP contribution in [0.15, 0.2) is 23.8 Å². The Balaban J connectivity index is 1.53. The summed E-state index contributed by atoms with van der Waals surface area (Å²) in [6, 6.07) is 0. The van der Waals surface area contributed by atoms with Crippen molar-refractivity contribution in [2.24, 2.45) is 52.3 Å². The number of rotatable bonds is 4. The molecular weight excluding hydrogens is 352 g/mol. The van der Waals surface area contributed by atoms with Crippen molar-refractivity contribution in [2.75, 3.05) is 0 Å². The van der Waals surface area contributed by atoms with Crippen molar-refractivity contribution in [1.82, 2.24) is 0 Å². The molecule has 7 unspecified atom stereocenters. The summed E-state index contributed by atoms with van der Waals surface area (Å²) in [4.78, 5) is 0. The molecule has 0 saturated heterocycles. The predicted molar refractivity (Wildman–Crippen MR) is 124 cm³/mol. The Morgan fingerprint density at radius 2 is 1.72 bits per heavy atom. The van der Waals surface area contributed by atoms with Crippen LogP contribution in [0.1, 0.15) is 92.9 Å². The van der Waals surface area contributed by atoms with Crippen molar-refractivity contribution in [1.29, 1.82) is 0 Å². The van der Waals surface area contributed by atoms with E-state index in [1.165, 1.54) is 38.5 Å². The van der Waals surface area contributed by atoms with Crippen molar-refractivity contribution >= 4 is 0 Å². The van der Waals surface area contributed by atoms with E-state index in [1.54, 1.807) is 5.57 Å². The van der Waals surface area contributed by atoms with E-state index in [4.69, 9.17) is 0 Å². The van der Waals surface area contributed by atoms with E-state index in [2.05, 4.69) is 59.8 Å². The van der Waals surface area contributed by atoms with Crippen LogP contribution in [0, 0.1) is 52.3 Å². The number of aliphatic hydroxyl groups is 1. The SMILES string of the molecule is CC(C)[C@@H](C)/C=C/[C@@H](C)C1CCC2C3CC=C4CC(O)CCC4(C)C3CCC21C. The summed E-state index contributed by atoms with van der Waals surface area (Å²) in [5.74, 6) is 5.63. The van der Waals surface area contributed by atoms with E-state index in [0.29, 0.717) is 22.7 Å². The Bertz CT molecular complexity index is 659. The Morgan fingerprint density at radius 1 is 0.966 bits per heavy atom. The molecule has 0 aromatic heterocycles. The molecule has 0 heterocycles. The highest BCUT2D eigenvalue weighted by molar-refractivity contribution is 5.25. The monoisotopic (exact) mass is 398 g/mol. The van der Waals surface area contributed by atoms with Gasteiger partial charge >= 0.3 is 0 Å². The Kier molecular flexibility index (Phi) is 5.86. The molecule has 0 aliphatic heterocycles. The number of hydrogen-bond donors (Lipinski definition) is 1. The van der Waals surface area contributed by atoms with Gasteiger partial charge in [-0.05, 0) is 104 Å². The first-order valence-corrected chi connectivity index (χ1v) is 12.7. The minimum atomic E-state index is -0.0866. The fourth-order valence-electron chi connectivity index (χ4n) is 8.25. The number of allylic oxidation sites excluding steroid dienone is 3. The van der Waals surface area contributed by atoms with E-state index < -0.39 is 0 Å². The summed E-state index contributed by atoms with van der Waals surface area (Å²) in [6.45, 7) is 14.7. The minimum Gasteiger partial charge on any atom is -0.393 e. The second-order valence-electron chi connectivity index (χ2n) is 12.2. The largest absolute Gasteiger partial charge is 0.393 e. The van der Waals surface area contributed by atoms with Crippen molar-refractivity contribution < 1.29 is 5.11 Å². The lowest BCUT2D eigenvalue weighted by molar-refractivity contribution is -0.0540. The van der Waals surface area contributed by atoms with Gasteiger partial charge in [-0.2, -0.15) is 0 Å².